The maximum Gasteiger partial charge on any atom is 0.227 e. The third kappa shape index (κ3) is 3.19. The average Bonchev–Trinajstić information content (AvgIpc) is 2.62. The van der Waals surface area contributed by atoms with E-state index in [1.54, 1.807) is 7.05 Å². The molecular formula is C13H25N5O. The minimum absolute atomic E-state index is 0.00842. The van der Waals surface area contributed by atoms with E-state index in [0.717, 1.165) is 11.5 Å². The number of carbonyl (C=O) groups is 1. The van der Waals surface area contributed by atoms with E-state index in [4.69, 9.17) is 5.73 Å². The molecule has 1 aromatic rings. The zero-order chi connectivity index (χ0) is 14.8. The first-order valence-corrected chi connectivity index (χ1v) is 6.51. The van der Waals surface area contributed by atoms with E-state index < -0.39 is 5.41 Å². The number of carbonyl (C=O) groups excluding carboxylic acids is 1. The molecule has 1 aromatic heterocycles. The SMILES string of the molecule is CNC(=O)C(C)(C)CNc1c(N)c(C)nn1C(C)C. The summed E-state index contributed by atoms with van der Waals surface area (Å²) in [5, 5.41) is 10.3. The van der Waals surface area contributed by atoms with Crippen LogP contribution in [0.3, 0.4) is 0 Å². The Hall–Kier alpha value is -1.72. The number of aryl methyl sites for hydroxylation is 1. The summed E-state index contributed by atoms with van der Waals surface area (Å²) in [4.78, 5) is 11.8. The number of nitrogens with two attached hydrogens (primary N) is 1. The summed E-state index contributed by atoms with van der Waals surface area (Å²) < 4.78 is 1.85. The van der Waals surface area contributed by atoms with Gasteiger partial charge in [-0.2, -0.15) is 5.10 Å². The molecule has 1 amide bonds. The van der Waals surface area contributed by atoms with Crippen molar-refractivity contribution in [3.8, 4) is 0 Å². The molecule has 1 heterocycles. The zero-order valence-corrected chi connectivity index (χ0v) is 12.7. The Kier molecular flexibility index (Phi) is 4.44. The van der Waals surface area contributed by atoms with Crippen LogP contribution in [0.2, 0.25) is 0 Å². The van der Waals surface area contributed by atoms with Crippen molar-refractivity contribution in [3.05, 3.63) is 5.69 Å². The second-order valence-electron chi connectivity index (χ2n) is 5.70. The Morgan fingerprint density at radius 2 is 2.05 bits per heavy atom. The lowest BCUT2D eigenvalue weighted by Crippen LogP contribution is -2.39. The van der Waals surface area contributed by atoms with E-state index in [1.807, 2.05) is 39.3 Å². The molecule has 0 atom stereocenters. The van der Waals surface area contributed by atoms with E-state index in [1.165, 1.54) is 0 Å². The summed E-state index contributed by atoms with van der Waals surface area (Å²) in [5.41, 5.74) is 6.96. The van der Waals surface area contributed by atoms with Gasteiger partial charge >= 0.3 is 0 Å². The van der Waals surface area contributed by atoms with E-state index in [2.05, 4.69) is 15.7 Å². The maximum atomic E-state index is 11.8. The van der Waals surface area contributed by atoms with Crippen molar-refractivity contribution < 1.29 is 4.79 Å². The molecular weight excluding hydrogens is 242 g/mol. The lowest BCUT2D eigenvalue weighted by molar-refractivity contribution is -0.128. The van der Waals surface area contributed by atoms with Crippen LogP contribution < -0.4 is 16.4 Å². The highest BCUT2D eigenvalue weighted by atomic mass is 16.2. The third-order valence-corrected chi connectivity index (χ3v) is 3.16. The standard InChI is InChI=1S/C13H25N5O/c1-8(2)18-11(10(14)9(3)17-18)16-7-13(4,5)12(19)15-6/h8,16H,7,14H2,1-6H3,(H,15,19). The summed E-state index contributed by atoms with van der Waals surface area (Å²) in [6.45, 7) is 10.2. The minimum atomic E-state index is -0.513. The molecule has 19 heavy (non-hydrogen) atoms. The topological polar surface area (TPSA) is 85.0 Å². The summed E-state index contributed by atoms with van der Waals surface area (Å²) in [5.74, 6) is 0.774. The van der Waals surface area contributed by atoms with Crippen LogP contribution in [0.25, 0.3) is 0 Å². The minimum Gasteiger partial charge on any atom is -0.394 e. The smallest absolute Gasteiger partial charge is 0.227 e. The van der Waals surface area contributed by atoms with Crippen LogP contribution >= 0.6 is 0 Å². The van der Waals surface area contributed by atoms with Gasteiger partial charge in [-0.05, 0) is 34.6 Å². The summed E-state index contributed by atoms with van der Waals surface area (Å²) in [6.07, 6.45) is 0. The number of amides is 1. The monoisotopic (exact) mass is 267 g/mol. The number of nitrogens with one attached hydrogen (secondary N) is 2. The molecule has 0 aliphatic carbocycles. The quantitative estimate of drug-likeness (QED) is 0.755. The van der Waals surface area contributed by atoms with E-state index in [0.29, 0.717) is 12.2 Å². The lowest BCUT2D eigenvalue weighted by atomic mass is 9.92. The van der Waals surface area contributed by atoms with Gasteiger partial charge in [0.1, 0.15) is 5.82 Å². The van der Waals surface area contributed by atoms with Gasteiger partial charge in [-0.3, -0.25) is 4.79 Å². The molecule has 0 saturated heterocycles. The molecule has 1 rings (SSSR count). The lowest BCUT2D eigenvalue weighted by Gasteiger charge is -2.24. The Balaban J connectivity index is 2.92. The molecule has 0 saturated carbocycles. The van der Waals surface area contributed by atoms with Crippen LogP contribution in [-0.2, 0) is 4.79 Å². The van der Waals surface area contributed by atoms with Gasteiger partial charge in [-0.1, -0.05) is 0 Å². The molecule has 0 fully saturated rings. The Labute approximate surface area is 114 Å². The van der Waals surface area contributed by atoms with Gasteiger partial charge in [-0.15, -0.1) is 0 Å². The molecule has 0 unspecified atom stereocenters. The number of hydrogen-bond acceptors (Lipinski definition) is 4. The van der Waals surface area contributed by atoms with Gasteiger partial charge in [0.05, 0.1) is 16.8 Å². The first kappa shape index (κ1) is 15.3. The Bertz CT molecular complexity index is 462. The maximum absolute atomic E-state index is 11.8. The fourth-order valence-electron chi connectivity index (χ4n) is 1.83. The zero-order valence-electron chi connectivity index (χ0n) is 12.7. The molecule has 0 spiro atoms. The number of rotatable bonds is 5. The second-order valence-corrected chi connectivity index (χ2v) is 5.70. The van der Waals surface area contributed by atoms with Crippen molar-refractivity contribution in [2.24, 2.45) is 5.41 Å². The largest absolute Gasteiger partial charge is 0.394 e. The number of aromatic nitrogens is 2. The molecule has 6 nitrogen and oxygen atoms in total. The molecule has 0 aliphatic rings. The molecule has 0 aromatic carbocycles. The summed E-state index contributed by atoms with van der Waals surface area (Å²) in [7, 11) is 1.64. The van der Waals surface area contributed by atoms with Crippen molar-refractivity contribution in [1.82, 2.24) is 15.1 Å². The summed E-state index contributed by atoms with van der Waals surface area (Å²) in [6, 6.07) is 0.210. The van der Waals surface area contributed by atoms with E-state index in [9.17, 15) is 4.79 Å². The predicted molar refractivity (Wildman–Crippen MR) is 78.1 cm³/mol. The molecule has 0 bridgehead atoms. The number of anilines is 2. The van der Waals surface area contributed by atoms with Gasteiger partial charge in [0.25, 0.3) is 0 Å². The number of nitrogens with zero attached hydrogens (tertiary/aromatic N) is 2. The van der Waals surface area contributed by atoms with Crippen LogP contribution in [0.1, 0.15) is 39.4 Å². The van der Waals surface area contributed by atoms with Crippen molar-refractivity contribution in [2.75, 3.05) is 24.6 Å². The first-order chi connectivity index (χ1) is 8.70. The van der Waals surface area contributed by atoms with Crippen molar-refractivity contribution in [2.45, 2.75) is 40.7 Å². The molecule has 108 valence electrons. The van der Waals surface area contributed by atoms with Crippen molar-refractivity contribution in [3.63, 3.8) is 0 Å². The van der Waals surface area contributed by atoms with Gasteiger partial charge in [-0.25, -0.2) is 4.68 Å². The highest BCUT2D eigenvalue weighted by Gasteiger charge is 2.27. The van der Waals surface area contributed by atoms with Crippen molar-refractivity contribution in [1.29, 1.82) is 0 Å². The molecule has 6 heteroatoms. The second kappa shape index (κ2) is 5.50. The molecule has 0 aliphatic heterocycles. The van der Waals surface area contributed by atoms with Crippen molar-refractivity contribution >= 4 is 17.4 Å². The van der Waals surface area contributed by atoms with Crippen LogP contribution in [0.15, 0.2) is 0 Å². The Morgan fingerprint density at radius 3 is 2.53 bits per heavy atom. The Morgan fingerprint density at radius 1 is 1.47 bits per heavy atom. The molecule has 0 radical (unpaired) electrons. The summed E-state index contributed by atoms with van der Waals surface area (Å²) >= 11 is 0. The van der Waals surface area contributed by atoms with Gasteiger partial charge < -0.3 is 16.4 Å². The highest BCUT2D eigenvalue weighted by molar-refractivity contribution is 5.82. The normalized spacial score (nSPS) is 11.7. The van der Waals surface area contributed by atoms with E-state index in [-0.39, 0.29) is 11.9 Å². The fourth-order valence-corrected chi connectivity index (χ4v) is 1.83. The predicted octanol–water partition coefficient (Wildman–Crippen LogP) is 1.54. The highest BCUT2D eigenvalue weighted by Crippen LogP contribution is 2.27. The van der Waals surface area contributed by atoms with E-state index >= 15 is 0 Å². The van der Waals surface area contributed by atoms with Gasteiger partial charge in [0, 0.05) is 19.6 Å². The van der Waals surface area contributed by atoms with Crippen LogP contribution in [0.5, 0.6) is 0 Å². The van der Waals surface area contributed by atoms with Crippen LogP contribution in [0, 0.1) is 12.3 Å². The molecule has 4 N–H and O–H groups in total. The fraction of sp³-hybridized carbons (Fsp3) is 0.692. The van der Waals surface area contributed by atoms with Crippen LogP contribution in [-0.4, -0.2) is 29.3 Å². The first-order valence-electron chi connectivity index (χ1n) is 6.51. The van der Waals surface area contributed by atoms with Gasteiger partial charge in [0.15, 0.2) is 0 Å². The third-order valence-electron chi connectivity index (χ3n) is 3.16. The van der Waals surface area contributed by atoms with Crippen LogP contribution in [0.4, 0.5) is 11.5 Å². The average molecular weight is 267 g/mol. The number of hydrogen-bond donors (Lipinski definition) is 3. The number of nitrogen functional groups attached to an aromatic ring is 1. The van der Waals surface area contributed by atoms with Gasteiger partial charge in [0.2, 0.25) is 5.91 Å².